The Balaban J connectivity index is 1.50. The Hall–Kier alpha value is -2.04. The van der Waals surface area contributed by atoms with Crippen molar-refractivity contribution in [2.75, 3.05) is 19.7 Å². The summed E-state index contributed by atoms with van der Waals surface area (Å²) in [6, 6.07) is 7.72. The third-order valence-electron chi connectivity index (χ3n) is 4.83. The van der Waals surface area contributed by atoms with Gasteiger partial charge < -0.3 is 15.0 Å². The van der Waals surface area contributed by atoms with Crippen molar-refractivity contribution < 1.29 is 14.3 Å². The summed E-state index contributed by atoms with van der Waals surface area (Å²) in [4.78, 5) is 26.2. The minimum atomic E-state index is -0.0260. The van der Waals surface area contributed by atoms with E-state index in [0.29, 0.717) is 30.6 Å². The van der Waals surface area contributed by atoms with Crippen LogP contribution in [0.5, 0.6) is 5.75 Å². The zero-order valence-electron chi connectivity index (χ0n) is 15.0. The van der Waals surface area contributed by atoms with E-state index in [0.717, 1.165) is 50.9 Å². The lowest BCUT2D eigenvalue weighted by Gasteiger charge is -2.32. The maximum atomic E-state index is 12.1. The molecule has 1 aliphatic carbocycles. The van der Waals surface area contributed by atoms with Gasteiger partial charge in [0.1, 0.15) is 5.75 Å². The molecule has 1 saturated carbocycles. The maximum absolute atomic E-state index is 12.1. The molecule has 0 aromatic heterocycles. The maximum Gasteiger partial charge on any atom is 0.251 e. The van der Waals surface area contributed by atoms with Crippen LogP contribution in [0.4, 0.5) is 0 Å². The predicted molar refractivity (Wildman–Crippen MR) is 96.6 cm³/mol. The molecule has 1 aliphatic heterocycles. The fourth-order valence-corrected chi connectivity index (χ4v) is 3.24. The lowest BCUT2D eigenvalue weighted by atomic mass is 9.98. The van der Waals surface area contributed by atoms with Crippen LogP contribution in [0.1, 0.15) is 55.8 Å². The third kappa shape index (κ3) is 5.21. The number of likely N-dealkylation sites (tertiary alicyclic amines) is 1. The molecule has 0 unspecified atom stereocenters. The van der Waals surface area contributed by atoms with Crippen LogP contribution in [-0.2, 0) is 4.79 Å². The van der Waals surface area contributed by atoms with Crippen LogP contribution < -0.4 is 10.1 Å². The first kappa shape index (κ1) is 17.8. The zero-order chi connectivity index (χ0) is 17.6. The highest BCUT2D eigenvalue weighted by Gasteiger charge is 2.25. The molecule has 1 heterocycles. The molecule has 136 valence electrons. The number of hydrogen-bond acceptors (Lipinski definition) is 3. The molecule has 0 spiro atoms. The van der Waals surface area contributed by atoms with Crippen molar-refractivity contribution in [2.45, 2.75) is 51.5 Å². The highest BCUT2D eigenvalue weighted by Crippen LogP contribution is 2.22. The van der Waals surface area contributed by atoms with E-state index in [2.05, 4.69) is 5.32 Å². The van der Waals surface area contributed by atoms with Crippen molar-refractivity contribution in [1.29, 1.82) is 0 Å². The highest BCUT2D eigenvalue weighted by atomic mass is 16.5. The highest BCUT2D eigenvalue weighted by molar-refractivity contribution is 5.94. The number of carbonyl (C=O) groups excluding carboxylic acids is 2. The van der Waals surface area contributed by atoms with Crippen molar-refractivity contribution in [3.63, 3.8) is 0 Å². The number of rotatable bonds is 7. The molecule has 2 fully saturated rings. The Morgan fingerprint density at radius 1 is 1.28 bits per heavy atom. The second kappa shape index (κ2) is 8.37. The number of nitrogens with zero attached hydrogens (tertiary/aromatic N) is 1. The first-order valence-electron chi connectivity index (χ1n) is 9.47. The Labute approximate surface area is 149 Å². The molecule has 5 nitrogen and oxygen atoms in total. The van der Waals surface area contributed by atoms with E-state index in [1.54, 1.807) is 6.07 Å². The molecule has 0 radical (unpaired) electrons. The quantitative estimate of drug-likeness (QED) is 0.827. The molecule has 1 aromatic rings. The van der Waals surface area contributed by atoms with Crippen molar-refractivity contribution in [1.82, 2.24) is 10.2 Å². The number of piperidine rings is 1. The Morgan fingerprint density at radius 2 is 2.12 bits per heavy atom. The summed E-state index contributed by atoms with van der Waals surface area (Å²) in [6.07, 6.45) is 5.80. The predicted octanol–water partition coefficient (Wildman–Crippen LogP) is 3.00. The average Bonchev–Trinajstić information content (AvgIpc) is 3.45. The molecule has 1 N–H and O–H groups in total. The molecule has 1 atom stereocenters. The van der Waals surface area contributed by atoms with Crippen molar-refractivity contribution in [3.8, 4) is 5.75 Å². The van der Waals surface area contributed by atoms with Gasteiger partial charge in [-0.3, -0.25) is 9.59 Å². The number of amides is 2. The van der Waals surface area contributed by atoms with Gasteiger partial charge in [0.2, 0.25) is 5.91 Å². The molecular formula is C20H28N2O3. The van der Waals surface area contributed by atoms with Crippen LogP contribution in [-0.4, -0.2) is 42.5 Å². The fraction of sp³-hybridized carbons (Fsp3) is 0.600. The number of nitrogens with one attached hydrogen (secondary N) is 1. The standard InChI is InChI=1S/C20H28N2O3/c1-2-5-19(23)22-11-4-6-15(13-22)14-25-18-8-3-7-16(12-18)20(24)21-17-9-10-17/h3,7-8,12,15,17H,2,4-6,9-11,13-14H2,1H3,(H,21,24)/t15-/m0/s1. The van der Waals surface area contributed by atoms with Crippen LogP contribution in [0.2, 0.25) is 0 Å². The van der Waals surface area contributed by atoms with Crippen molar-refractivity contribution in [2.24, 2.45) is 5.92 Å². The molecule has 5 heteroatoms. The van der Waals surface area contributed by atoms with Gasteiger partial charge in [-0.15, -0.1) is 0 Å². The summed E-state index contributed by atoms with van der Waals surface area (Å²) in [5.41, 5.74) is 0.646. The van der Waals surface area contributed by atoms with Gasteiger partial charge in [0, 0.05) is 37.0 Å². The fourth-order valence-electron chi connectivity index (χ4n) is 3.24. The number of hydrogen-bond donors (Lipinski definition) is 1. The minimum absolute atomic E-state index is 0.0260. The van der Waals surface area contributed by atoms with Crippen LogP contribution >= 0.6 is 0 Å². The largest absolute Gasteiger partial charge is 0.493 e. The second-order valence-electron chi connectivity index (χ2n) is 7.18. The normalized spacial score (nSPS) is 20.2. The number of benzene rings is 1. The van der Waals surface area contributed by atoms with E-state index in [4.69, 9.17) is 4.74 Å². The van der Waals surface area contributed by atoms with Gasteiger partial charge in [0.25, 0.3) is 5.91 Å². The Kier molecular flexibility index (Phi) is 5.95. The van der Waals surface area contributed by atoms with Crippen LogP contribution in [0.3, 0.4) is 0 Å². The molecule has 2 aliphatic rings. The van der Waals surface area contributed by atoms with E-state index in [9.17, 15) is 9.59 Å². The van der Waals surface area contributed by atoms with E-state index in [1.807, 2.05) is 30.0 Å². The molecule has 25 heavy (non-hydrogen) atoms. The summed E-state index contributed by atoms with van der Waals surface area (Å²) < 4.78 is 5.93. The molecule has 3 rings (SSSR count). The third-order valence-corrected chi connectivity index (χ3v) is 4.83. The Morgan fingerprint density at radius 3 is 2.88 bits per heavy atom. The monoisotopic (exact) mass is 344 g/mol. The van der Waals surface area contributed by atoms with Gasteiger partial charge in [-0.05, 0) is 50.3 Å². The van der Waals surface area contributed by atoms with E-state index in [1.165, 1.54) is 0 Å². The lowest BCUT2D eigenvalue weighted by molar-refractivity contribution is -0.133. The summed E-state index contributed by atoms with van der Waals surface area (Å²) >= 11 is 0. The summed E-state index contributed by atoms with van der Waals surface area (Å²) in [6.45, 7) is 4.27. The van der Waals surface area contributed by atoms with Gasteiger partial charge in [-0.1, -0.05) is 13.0 Å². The van der Waals surface area contributed by atoms with Gasteiger partial charge in [-0.25, -0.2) is 0 Å². The minimum Gasteiger partial charge on any atom is -0.493 e. The van der Waals surface area contributed by atoms with Crippen LogP contribution in [0, 0.1) is 5.92 Å². The summed E-state index contributed by atoms with van der Waals surface area (Å²) in [5, 5.41) is 2.99. The van der Waals surface area contributed by atoms with E-state index < -0.39 is 0 Å². The molecule has 0 bridgehead atoms. The topological polar surface area (TPSA) is 58.6 Å². The van der Waals surface area contributed by atoms with E-state index >= 15 is 0 Å². The SMILES string of the molecule is CCCC(=O)N1CCC[C@H](COc2cccc(C(=O)NC3CC3)c2)C1. The van der Waals surface area contributed by atoms with E-state index in [-0.39, 0.29) is 11.8 Å². The number of carbonyl (C=O) groups is 2. The second-order valence-corrected chi connectivity index (χ2v) is 7.18. The van der Waals surface area contributed by atoms with Gasteiger partial charge in [0.15, 0.2) is 0 Å². The lowest BCUT2D eigenvalue weighted by Crippen LogP contribution is -2.41. The Bertz CT molecular complexity index is 613. The van der Waals surface area contributed by atoms with Crippen molar-refractivity contribution in [3.05, 3.63) is 29.8 Å². The molecule has 1 saturated heterocycles. The molecular weight excluding hydrogens is 316 g/mol. The summed E-state index contributed by atoms with van der Waals surface area (Å²) in [7, 11) is 0. The summed E-state index contributed by atoms with van der Waals surface area (Å²) in [5.74, 6) is 1.31. The van der Waals surface area contributed by atoms with Gasteiger partial charge in [0.05, 0.1) is 6.61 Å². The first-order chi connectivity index (χ1) is 12.2. The van der Waals surface area contributed by atoms with Gasteiger partial charge in [-0.2, -0.15) is 0 Å². The van der Waals surface area contributed by atoms with Crippen LogP contribution in [0.15, 0.2) is 24.3 Å². The van der Waals surface area contributed by atoms with Crippen LogP contribution in [0.25, 0.3) is 0 Å². The first-order valence-corrected chi connectivity index (χ1v) is 9.47. The zero-order valence-corrected chi connectivity index (χ0v) is 15.0. The molecule has 1 aromatic carbocycles. The smallest absolute Gasteiger partial charge is 0.251 e. The van der Waals surface area contributed by atoms with Crippen molar-refractivity contribution >= 4 is 11.8 Å². The number of ether oxygens (including phenoxy) is 1. The molecule has 2 amide bonds. The average molecular weight is 344 g/mol. The van der Waals surface area contributed by atoms with Gasteiger partial charge >= 0.3 is 0 Å².